The molecule has 6 nitrogen and oxygen atoms in total. The lowest BCUT2D eigenvalue weighted by molar-refractivity contribution is -0.150. The number of ether oxygens (including phenoxy) is 2. The third-order valence-electron chi connectivity index (χ3n) is 3.40. The van der Waals surface area contributed by atoms with Gasteiger partial charge in [0.05, 0.1) is 0 Å². The third-order valence-corrected chi connectivity index (χ3v) is 3.40. The first-order chi connectivity index (χ1) is 11.6. The van der Waals surface area contributed by atoms with Gasteiger partial charge in [-0.05, 0) is 18.1 Å². The fourth-order valence-electron chi connectivity index (χ4n) is 1.91. The lowest BCUT2D eigenvalue weighted by atomic mass is 10.2. The van der Waals surface area contributed by atoms with Crippen LogP contribution in [-0.4, -0.2) is 23.1 Å². The van der Waals surface area contributed by atoms with Crippen LogP contribution < -0.4 is 5.84 Å². The number of hydrogen-bond acceptors (Lipinski definition) is 5. The Morgan fingerprint density at radius 1 is 0.917 bits per heavy atom. The molecule has 2 N–H and O–H groups in total. The lowest BCUT2D eigenvalue weighted by Gasteiger charge is -2.22. The molecule has 0 bridgehead atoms. The first kappa shape index (κ1) is 17.5. The van der Waals surface area contributed by atoms with Crippen LogP contribution in [-0.2, 0) is 27.5 Å². The molecule has 0 aliphatic carbocycles. The quantitative estimate of drug-likeness (QED) is 0.381. The number of amides is 1. The van der Waals surface area contributed by atoms with Crippen LogP contribution in [0.2, 0.25) is 0 Å². The first-order valence-electron chi connectivity index (χ1n) is 7.53. The molecule has 2 aromatic rings. The van der Waals surface area contributed by atoms with Gasteiger partial charge in [0.15, 0.2) is 0 Å². The summed E-state index contributed by atoms with van der Waals surface area (Å²) < 4.78 is 10.2. The van der Waals surface area contributed by atoms with Crippen molar-refractivity contribution in [3.63, 3.8) is 0 Å². The molecule has 0 spiro atoms. The Labute approximate surface area is 140 Å². The second-order valence-corrected chi connectivity index (χ2v) is 5.22. The molecular weight excluding hydrogens is 308 g/mol. The van der Waals surface area contributed by atoms with Gasteiger partial charge in [0.2, 0.25) is 0 Å². The highest BCUT2D eigenvalue weighted by Gasteiger charge is 2.25. The normalized spacial score (nSPS) is 11.4. The summed E-state index contributed by atoms with van der Waals surface area (Å²) in [6.07, 6.45) is -0.789. The van der Waals surface area contributed by atoms with E-state index in [1.807, 2.05) is 60.7 Å². The van der Waals surface area contributed by atoms with Gasteiger partial charge in [0, 0.05) is 0 Å². The van der Waals surface area contributed by atoms with Crippen molar-refractivity contribution in [2.45, 2.75) is 26.2 Å². The van der Waals surface area contributed by atoms with E-state index in [-0.39, 0.29) is 13.2 Å². The van der Waals surface area contributed by atoms with Crippen LogP contribution in [0, 0.1) is 0 Å². The highest BCUT2D eigenvalue weighted by Crippen LogP contribution is 2.06. The van der Waals surface area contributed by atoms with Crippen molar-refractivity contribution >= 4 is 12.1 Å². The molecule has 1 amide bonds. The summed E-state index contributed by atoms with van der Waals surface area (Å²) in [5.41, 5.74) is 1.69. The second kappa shape index (κ2) is 8.69. The van der Waals surface area contributed by atoms with Crippen molar-refractivity contribution in [3.05, 3.63) is 71.8 Å². The molecule has 0 radical (unpaired) electrons. The summed E-state index contributed by atoms with van der Waals surface area (Å²) in [5.74, 6) is 5.05. The van der Waals surface area contributed by atoms with E-state index in [0.29, 0.717) is 0 Å². The summed E-state index contributed by atoms with van der Waals surface area (Å²) in [6, 6.07) is 17.5. The first-order valence-corrected chi connectivity index (χ1v) is 7.53. The predicted molar refractivity (Wildman–Crippen MR) is 88.4 cm³/mol. The number of carbonyl (C=O) groups excluding carboxylic acids is 2. The summed E-state index contributed by atoms with van der Waals surface area (Å²) in [7, 11) is 0. The molecule has 126 valence electrons. The summed E-state index contributed by atoms with van der Waals surface area (Å²) >= 11 is 0. The number of esters is 1. The van der Waals surface area contributed by atoms with E-state index >= 15 is 0 Å². The second-order valence-electron chi connectivity index (χ2n) is 5.22. The number of nitrogens with two attached hydrogens (primary N) is 1. The maximum Gasteiger partial charge on any atom is 0.425 e. The zero-order chi connectivity index (χ0) is 17.4. The molecule has 0 saturated heterocycles. The molecule has 0 unspecified atom stereocenters. The monoisotopic (exact) mass is 328 g/mol. The molecule has 0 aromatic heterocycles. The molecular formula is C18H20N2O4. The minimum absolute atomic E-state index is 0.0825. The topological polar surface area (TPSA) is 81.9 Å². The van der Waals surface area contributed by atoms with Crippen LogP contribution in [0.1, 0.15) is 18.1 Å². The van der Waals surface area contributed by atoms with Crippen LogP contribution in [0.5, 0.6) is 0 Å². The Bertz CT molecular complexity index is 602. The zero-order valence-electron chi connectivity index (χ0n) is 13.4. The van der Waals surface area contributed by atoms with Gasteiger partial charge in [-0.15, -0.1) is 0 Å². The molecule has 0 heterocycles. The Morgan fingerprint density at radius 2 is 1.38 bits per heavy atom. The van der Waals surface area contributed by atoms with Crippen LogP contribution in [0.15, 0.2) is 60.7 Å². The number of nitrogens with zero attached hydrogens (tertiary/aromatic N) is 1. The van der Waals surface area contributed by atoms with Crippen molar-refractivity contribution in [1.29, 1.82) is 0 Å². The van der Waals surface area contributed by atoms with Crippen LogP contribution in [0.3, 0.4) is 0 Å². The van der Waals surface area contributed by atoms with Crippen molar-refractivity contribution in [1.82, 2.24) is 5.01 Å². The Hall–Kier alpha value is -2.86. The molecule has 0 saturated carbocycles. The molecule has 0 aliphatic heterocycles. The molecule has 2 rings (SSSR count). The van der Waals surface area contributed by atoms with Gasteiger partial charge in [-0.25, -0.2) is 20.4 Å². The molecule has 0 fully saturated rings. The Balaban J connectivity index is 1.80. The summed E-state index contributed by atoms with van der Waals surface area (Å²) in [5, 5.41) is 0.732. The van der Waals surface area contributed by atoms with Crippen molar-refractivity contribution in [2.75, 3.05) is 0 Å². The predicted octanol–water partition coefficient (Wildman–Crippen LogP) is 2.63. The fraction of sp³-hybridized carbons (Fsp3) is 0.222. The number of carbonyl (C=O) groups is 2. The van der Waals surface area contributed by atoms with E-state index in [1.54, 1.807) is 0 Å². The third kappa shape index (κ3) is 5.10. The van der Waals surface area contributed by atoms with Crippen molar-refractivity contribution < 1.29 is 19.1 Å². The van der Waals surface area contributed by atoms with Crippen LogP contribution >= 0.6 is 0 Å². The number of rotatable bonds is 6. The summed E-state index contributed by atoms with van der Waals surface area (Å²) in [4.78, 5) is 23.9. The highest BCUT2D eigenvalue weighted by atomic mass is 16.6. The van der Waals surface area contributed by atoms with E-state index in [9.17, 15) is 9.59 Å². The van der Waals surface area contributed by atoms with E-state index < -0.39 is 18.1 Å². The van der Waals surface area contributed by atoms with Gasteiger partial charge in [-0.1, -0.05) is 60.7 Å². The number of hydrazine groups is 1. The molecule has 0 aliphatic rings. The maximum atomic E-state index is 12.0. The average Bonchev–Trinajstić information content (AvgIpc) is 2.64. The minimum Gasteiger partial charge on any atom is -0.459 e. The van der Waals surface area contributed by atoms with E-state index in [2.05, 4.69) is 0 Å². The number of hydrogen-bond donors (Lipinski definition) is 1. The van der Waals surface area contributed by atoms with Crippen molar-refractivity contribution in [3.8, 4) is 0 Å². The van der Waals surface area contributed by atoms with Crippen molar-refractivity contribution in [2.24, 2.45) is 5.84 Å². The van der Waals surface area contributed by atoms with Gasteiger partial charge in [0.1, 0.15) is 19.3 Å². The molecule has 1 atom stereocenters. The van der Waals surface area contributed by atoms with Gasteiger partial charge in [-0.3, -0.25) is 0 Å². The largest absolute Gasteiger partial charge is 0.459 e. The van der Waals surface area contributed by atoms with E-state index in [0.717, 1.165) is 16.1 Å². The van der Waals surface area contributed by atoms with Crippen LogP contribution in [0.4, 0.5) is 4.79 Å². The van der Waals surface area contributed by atoms with Crippen LogP contribution in [0.25, 0.3) is 0 Å². The molecule has 6 heteroatoms. The summed E-state index contributed by atoms with van der Waals surface area (Å²) in [6.45, 7) is 1.69. The van der Waals surface area contributed by atoms with Gasteiger partial charge in [0.25, 0.3) is 0 Å². The molecule has 2 aromatic carbocycles. The van der Waals surface area contributed by atoms with E-state index in [4.69, 9.17) is 15.3 Å². The Kier molecular flexibility index (Phi) is 6.33. The smallest absolute Gasteiger partial charge is 0.425 e. The van der Waals surface area contributed by atoms with E-state index in [1.165, 1.54) is 6.92 Å². The average molecular weight is 328 g/mol. The van der Waals surface area contributed by atoms with Gasteiger partial charge < -0.3 is 9.47 Å². The Morgan fingerprint density at radius 3 is 1.88 bits per heavy atom. The number of benzene rings is 2. The lowest BCUT2D eigenvalue weighted by Crippen LogP contribution is -2.48. The fourth-order valence-corrected chi connectivity index (χ4v) is 1.91. The molecule has 24 heavy (non-hydrogen) atoms. The zero-order valence-corrected chi connectivity index (χ0v) is 13.4. The van der Waals surface area contributed by atoms with Gasteiger partial charge >= 0.3 is 12.1 Å². The maximum absolute atomic E-state index is 12.0. The SMILES string of the molecule is C[C@H](C(=O)OCc1ccccc1)N(N)C(=O)OCc1ccccc1. The minimum atomic E-state index is -0.947. The highest BCUT2D eigenvalue weighted by molar-refractivity contribution is 5.80. The van der Waals surface area contributed by atoms with Gasteiger partial charge in [-0.2, -0.15) is 0 Å². The standard InChI is InChI=1S/C18H20N2O4/c1-14(17(21)23-12-15-8-4-2-5-9-15)20(19)18(22)24-13-16-10-6-3-7-11-16/h2-11,14H,12-13,19H2,1H3/t14-/m1/s1.